The van der Waals surface area contributed by atoms with Gasteiger partial charge in [-0.25, -0.2) is 87.8 Å². The van der Waals surface area contributed by atoms with Gasteiger partial charge < -0.3 is 0 Å². The van der Waals surface area contributed by atoms with Crippen LogP contribution < -0.4 is 0 Å². The molecule has 0 unspecified atom stereocenters. The van der Waals surface area contributed by atoms with Crippen molar-refractivity contribution in [2.45, 2.75) is 36.8 Å². The SMILES string of the molecule is Fc1c(F)c(-c2cc3c(c4ccccc24)CC3)c(F)c(F)c1-c1c(F)c(F)c(C(c2c(F)c(F)c(C(F)(F)F)c(F)c2F)(c2c(F)c(F)c(C(F)(F)F)c(F)c2F)c2c(F)c(F)c(C(F)(F)F)c(F)c2F)c(F)c1F. The summed E-state index contributed by atoms with van der Waals surface area (Å²) in [6.45, 7) is 0. The van der Waals surface area contributed by atoms with Gasteiger partial charge in [0, 0.05) is 22.3 Å². The molecule has 396 valence electrons. The quantitative estimate of drug-likeness (QED) is 0.0884. The first-order chi connectivity index (χ1) is 34.5. The molecule has 0 nitrogen and oxygen atoms in total. The number of halogens is 29. The predicted octanol–water partition coefficient (Wildman–Crippen LogP) is 16.5. The minimum absolute atomic E-state index is 0.140. The Morgan fingerprint density at radius 2 is 0.507 bits per heavy atom. The molecule has 0 radical (unpaired) electrons. The van der Waals surface area contributed by atoms with Gasteiger partial charge in [0.05, 0.1) is 22.1 Å². The highest BCUT2D eigenvalue weighted by Gasteiger charge is 2.60. The summed E-state index contributed by atoms with van der Waals surface area (Å²) in [7, 11) is 0. The van der Waals surface area contributed by atoms with Gasteiger partial charge in [-0.3, -0.25) is 0 Å². The molecule has 0 spiro atoms. The molecule has 0 amide bonds. The van der Waals surface area contributed by atoms with Gasteiger partial charge in [0.1, 0.15) is 16.7 Å². The molecule has 0 aromatic heterocycles. The third-order valence-corrected chi connectivity index (χ3v) is 12.1. The maximum absolute atomic E-state index is 17.2. The Morgan fingerprint density at radius 3 is 0.773 bits per heavy atom. The van der Waals surface area contributed by atoms with Crippen molar-refractivity contribution in [1.29, 1.82) is 0 Å². The van der Waals surface area contributed by atoms with E-state index in [1.165, 1.54) is 18.2 Å². The van der Waals surface area contributed by atoms with Crippen LogP contribution in [0.25, 0.3) is 33.0 Å². The molecule has 0 heterocycles. The highest BCUT2D eigenvalue weighted by Crippen LogP contribution is 2.58. The molecule has 0 fully saturated rings. The third kappa shape index (κ3) is 7.38. The second-order valence-corrected chi connectivity index (χ2v) is 15.9. The lowest BCUT2D eigenvalue weighted by molar-refractivity contribution is -0.144. The van der Waals surface area contributed by atoms with Crippen LogP contribution in [0.4, 0.5) is 127 Å². The molecule has 0 atom stereocenters. The van der Waals surface area contributed by atoms with E-state index < -0.39 is 201 Å². The fraction of sp³-hybridized carbons (Fsp3) is 0.130. The minimum atomic E-state index is -7.05. The normalized spacial score (nSPS) is 13.3. The highest BCUT2D eigenvalue weighted by molar-refractivity contribution is 6.00. The van der Waals surface area contributed by atoms with Crippen LogP contribution in [0.3, 0.4) is 0 Å². The summed E-state index contributed by atoms with van der Waals surface area (Å²) in [6, 6.07) is 5.92. The molecule has 1 aliphatic rings. The first-order valence-electron chi connectivity index (χ1n) is 19.6. The van der Waals surface area contributed by atoms with E-state index in [-0.39, 0.29) is 22.8 Å². The van der Waals surface area contributed by atoms with Crippen LogP contribution in [0.15, 0.2) is 30.3 Å². The van der Waals surface area contributed by atoms with Crippen LogP contribution in [-0.2, 0) is 36.8 Å². The summed E-state index contributed by atoms with van der Waals surface area (Å²) < 4.78 is 449. The summed E-state index contributed by atoms with van der Waals surface area (Å²) in [5, 5.41) is -0.0560. The van der Waals surface area contributed by atoms with E-state index in [0.29, 0.717) is 12.0 Å². The number of benzene rings is 7. The summed E-state index contributed by atoms with van der Waals surface area (Å²) in [4.78, 5) is 0. The van der Waals surface area contributed by atoms with Gasteiger partial charge in [-0.2, -0.15) is 39.5 Å². The van der Waals surface area contributed by atoms with Crippen LogP contribution in [-0.4, -0.2) is 0 Å². The zero-order valence-electron chi connectivity index (χ0n) is 34.8. The topological polar surface area (TPSA) is 0 Å². The highest BCUT2D eigenvalue weighted by atomic mass is 19.4. The van der Waals surface area contributed by atoms with E-state index in [0.717, 1.165) is 12.1 Å². The minimum Gasteiger partial charge on any atom is -0.203 e. The number of aryl methyl sites for hydroxylation is 2. The van der Waals surface area contributed by atoms with Crippen LogP contribution in [0.1, 0.15) is 50.1 Å². The number of rotatable bonds is 6. The Bertz CT molecular complexity index is 3330. The number of alkyl halides is 9. The Kier molecular flexibility index (Phi) is 12.6. The maximum atomic E-state index is 17.2. The van der Waals surface area contributed by atoms with Gasteiger partial charge in [0.25, 0.3) is 0 Å². The van der Waals surface area contributed by atoms with Gasteiger partial charge in [-0.15, -0.1) is 0 Å². The lowest BCUT2D eigenvalue weighted by atomic mass is 9.62. The molecular weight excluding hydrogens is 1100 g/mol. The van der Waals surface area contributed by atoms with Crippen LogP contribution in [0.2, 0.25) is 0 Å². The van der Waals surface area contributed by atoms with E-state index >= 15 is 87.8 Å². The van der Waals surface area contributed by atoms with Crippen molar-refractivity contribution in [2.75, 3.05) is 0 Å². The number of hydrogen-bond acceptors (Lipinski definition) is 0. The lowest BCUT2D eigenvalue weighted by Crippen LogP contribution is -2.42. The molecule has 0 saturated heterocycles. The van der Waals surface area contributed by atoms with Crippen molar-refractivity contribution >= 4 is 10.8 Å². The largest absolute Gasteiger partial charge is 0.422 e. The van der Waals surface area contributed by atoms with Crippen molar-refractivity contribution in [3.63, 3.8) is 0 Å². The van der Waals surface area contributed by atoms with E-state index in [2.05, 4.69) is 0 Å². The third-order valence-electron chi connectivity index (χ3n) is 12.1. The second-order valence-electron chi connectivity index (χ2n) is 15.9. The van der Waals surface area contributed by atoms with Crippen molar-refractivity contribution in [1.82, 2.24) is 0 Å². The van der Waals surface area contributed by atoms with Crippen LogP contribution in [0, 0.1) is 116 Å². The Hall–Kier alpha value is -7.23. The number of hydrogen-bond donors (Lipinski definition) is 0. The molecule has 0 N–H and O–H groups in total. The fourth-order valence-electron chi connectivity index (χ4n) is 8.95. The van der Waals surface area contributed by atoms with Crippen LogP contribution in [0.5, 0.6) is 0 Å². The van der Waals surface area contributed by atoms with Crippen molar-refractivity contribution < 1.29 is 127 Å². The van der Waals surface area contributed by atoms with E-state index in [1.54, 1.807) is 0 Å². The molecule has 0 saturated carbocycles. The van der Waals surface area contributed by atoms with Gasteiger partial charge in [-0.1, -0.05) is 30.3 Å². The molecule has 29 heteroatoms. The van der Waals surface area contributed by atoms with Crippen molar-refractivity contribution in [2.24, 2.45) is 0 Å². The smallest absolute Gasteiger partial charge is 0.203 e. The van der Waals surface area contributed by atoms with E-state index in [9.17, 15) is 39.5 Å². The van der Waals surface area contributed by atoms with Crippen molar-refractivity contribution in [3.05, 3.63) is 197 Å². The molecular formula is C46H9F29. The summed E-state index contributed by atoms with van der Waals surface area (Å²) in [5.41, 5.74) is -45.0. The predicted molar refractivity (Wildman–Crippen MR) is 195 cm³/mol. The zero-order valence-corrected chi connectivity index (χ0v) is 34.8. The zero-order chi connectivity index (χ0) is 56.2. The van der Waals surface area contributed by atoms with Gasteiger partial charge >= 0.3 is 18.5 Å². The van der Waals surface area contributed by atoms with Gasteiger partial charge in [0.15, 0.2) is 116 Å². The molecule has 8 rings (SSSR count). The first-order valence-corrected chi connectivity index (χ1v) is 19.6. The standard InChI is InChI=1S/C46H9F29/c47-23-13(12-7-8-5-6-9(8)10-3-1-2-4-11(10)12)24(48)26(50)14(25(23)49)15-27(51)29(53)16(30(54)28(15)52)43(17-31(55)37(61)20(44(67,68)69)38(62)32(17)56,18-33(57)39(63)21(45(70,71)72)40(64)34(18)58)19-35(59)41(65)22(46(73,74)75)42(66)36(19)60/h1-4,7H,5-6H2. The molecule has 7 aromatic rings. The van der Waals surface area contributed by atoms with Gasteiger partial charge in [0.2, 0.25) is 0 Å². The average molecular weight is 1110 g/mol. The summed E-state index contributed by atoms with van der Waals surface area (Å²) >= 11 is 0. The molecule has 0 bridgehead atoms. The van der Waals surface area contributed by atoms with E-state index in [4.69, 9.17) is 0 Å². The van der Waals surface area contributed by atoms with Crippen LogP contribution >= 0.6 is 0 Å². The summed E-state index contributed by atoms with van der Waals surface area (Å²) in [5.74, 6) is -81.6. The lowest BCUT2D eigenvalue weighted by Gasteiger charge is -2.39. The van der Waals surface area contributed by atoms with Gasteiger partial charge in [-0.05, 0) is 40.3 Å². The monoisotopic (exact) mass is 1110 g/mol. The summed E-state index contributed by atoms with van der Waals surface area (Å²) in [6.07, 6.45) is -20.4. The number of fused-ring (bicyclic) bond motifs is 3. The maximum Gasteiger partial charge on any atom is 0.422 e. The first kappa shape index (κ1) is 54.0. The Labute approximate surface area is 393 Å². The Morgan fingerprint density at radius 1 is 0.267 bits per heavy atom. The fourth-order valence-corrected chi connectivity index (χ4v) is 8.95. The van der Waals surface area contributed by atoms with E-state index in [1.807, 2.05) is 0 Å². The molecule has 1 aliphatic carbocycles. The Balaban J connectivity index is 1.66. The second kappa shape index (κ2) is 17.4. The molecule has 75 heavy (non-hydrogen) atoms. The van der Waals surface area contributed by atoms with Crippen molar-refractivity contribution in [3.8, 4) is 22.3 Å². The average Bonchev–Trinajstić information content (AvgIpc) is 3.29. The molecule has 0 aliphatic heterocycles. The molecule has 7 aromatic carbocycles.